The van der Waals surface area contributed by atoms with E-state index < -0.39 is 36.1 Å². The number of morpholine rings is 1. The third kappa shape index (κ3) is 3.84. The minimum absolute atomic E-state index is 0.167. The number of anilines is 2. The van der Waals surface area contributed by atoms with Gasteiger partial charge in [0, 0.05) is 24.9 Å². The third-order valence-electron chi connectivity index (χ3n) is 5.72. The lowest BCUT2D eigenvalue weighted by Gasteiger charge is -2.37. The van der Waals surface area contributed by atoms with Crippen LogP contribution >= 0.6 is 0 Å². The molecule has 1 aromatic heterocycles. The molecule has 3 heterocycles. The summed E-state index contributed by atoms with van der Waals surface area (Å²) in [6, 6.07) is -3.34. The summed E-state index contributed by atoms with van der Waals surface area (Å²) in [5.41, 5.74) is -1.06. The van der Waals surface area contributed by atoms with E-state index in [1.807, 2.05) is 0 Å². The number of hydrogen-bond donors (Lipinski definition) is 1. The Labute approximate surface area is 164 Å². The van der Waals surface area contributed by atoms with E-state index in [0.29, 0.717) is 19.4 Å². The smallest absolute Gasteiger partial charge is 0.377 e. The zero-order chi connectivity index (χ0) is 20.9. The van der Waals surface area contributed by atoms with Gasteiger partial charge in [0.1, 0.15) is 11.8 Å². The Morgan fingerprint density at radius 1 is 1.34 bits per heavy atom. The van der Waals surface area contributed by atoms with E-state index in [9.17, 15) is 27.2 Å². The van der Waals surface area contributed by atoms with E-state index in [1.54, 1.807) is 6.92 Å². The Morgan fingerprint density at radius 3 is 2.69 bits per heavy atom. The number of hydrogen-bond acceptors (Lipinski definition) is 6. The van der Waals surface area contributed by atoms with Crippen molar-refractivity contribution in [3.63, 3.8) is 0 Å². The molecule has 0 amide bonds. The number of halogens is 4. The highest BCUT2D eigenvalue weighted by molar-refractivity contribution is 5.83. The third-order valence-corrected chi connectivity index (χ3v) is 5.72. The number of carbonyl (C=O) groups excluding carboxylic acids is 1. The van der Waals surface area contributed by atoms with Crippen molar-refractivity contribution in [1.82, 2.24) is 9.55 Å². The van der Waals surface area contributed by atoms with Crippen molar-refractivity contribution in [2.45, 2.75) is 56.9 Å². The summed E-state index contributed by atoms with van der Waals surface area (Å²) in [5.74, 6) is -2.13. The van der Waals surface area contributed by atoms with Crippen molar-refractivity contribution in [3.8, 4) is 0 Å². The van der Waals surface area contributed by atoms with Crippen LogP contribution in [-0.4, -0.2) is 53.4 Å². The van der Waals surface area contributed by atoms with Crippen LogP contribution < -0.4 is 15.8 Å². The molecule has 0 bridgehead atoms. The molecule has 2 unspecified atom stereocenters. The average molecular weight is 418 g/mol. The Hall–Kier alpha value is -2.17. The van der Waals surface area contributed by atoms with Crippen LogP contribution in [0.1, 0.15) is 38.6 Å². The van der Waals surface area contributed by atoms with Crippen molar-refractivity contribution in [2.75, 3.05) is 30.0 Å². The number of Topliss-reactive ketones (excluding diaryl/α,β-unsaturated/α-hetero) is 1. The average Bonchev–Trinajstić information content (AvgIpc) is 3.49. The number of nitrogens with zero attached hydrogens (tertiary/aromatic N) is 3. The Balaban J connectivity index is 1.75. The molecule has 1 aromatic rings. The molecule has 1 saturated heterocycles. The van der Waals surface area contributed by atoms with Gasteiger partial charge >= 0.3 is 6.18 Å². The van der Waals surface area contributed by atoms with Crippen molar-refractivity contribution in [2.24, 2.45) is 5.92 Å². The van der Waals surface area contributed by atoms with Gasteiger partial charge < -0.3 is 15.0 Å². The summed E-state index contributed by atoms with van der Waals surface area (Å²) in [6.07, 6.45) is -3.95. The number of carbonyl (C=O) groups is 1. The maximum atomic E-state index is 14.9. The number of alkyl halides is 3. The van der Waals surface area contributed by atoms with E-state index in [2.05, 4.69) is 10.3 Å². The second kappa shape index (κ2) is 7.26. The molecule has 0 aromatic carbocycles. The van der Waals surface area contributed by atoms with Gasteiger partial charge in [-0.1, -0.05) is 0 Å². The van der Waals surface area contributed by atoms with Crippen molar-refractivity contribution < 1.29 is 27.1 Å². The van der Waals surface area contributed by atoms with Gasteiger partial charge in [-0.2, -0.15) is 22.5 Å². The van der Waals surface area contributed by atoms with Crippen molar-refractivity contribution in [1.29, 1.82) is 0 Å². The highest BCUT2D eigenvalue weighted by atomic mass is 19.4. The van der Waals surface area contributed by atoms with Crippen LogP contribution in [0.5, 0.6) is 0 Å². The van der Waals surface area contributed by atoms with Gasteiger partial charge in [-0.05, 0) is 26.2 Å². The van der Waals surface area contributed by atoms with Crippen molar-refractivity contribution >= 4 is 17.5 Å². The van der Waals surface area contributed by atoms with Gasteiger partial charge in [-0.25, -0.2) is 0 Å². The molecule has 7 nitrogen and oxygen atoms in total. The summed E-state index contributed by atoms with van der Waals surface area (Å²) in [7, 11) is 0. The summed E-state index contributed by atoms with van der Waals surface area (Å²) in [5, 5.41) is 2.24. The van der Waals surface area contributed by atoms with Crippen LogP contribution in [0.15, 0.2) is 4.79 Å². The summed E-state index contributed by atoms with van der Waals surface area (Å²) in [4.78, 5) is 30.6. The van der Waals surface area contributed by atoms with Crippen LogP contribution in [-0.2, 0) is 9.53 Å². The first kappa shape index (κ1) is 20.1. The number of nitrogens with one attached hydrogen (secondary N) is 1. The van der Waals surface area contributed by atoms with Crippen LogP contribution in [0.3, 0.4) is 0 Å². The number of rotatable bonds is 4. The first-order valence-electron chi connectivity index (χ1n) is 9.69. The fourth-order valence-electron chi connectivity index (χ4n) is 3.96. The fourth-order valence-corrected chi connectivity index (χ4v) is 3.96. The minimum atomic E-state index is -4.59. The fraction of sp³-hybridized carbons (Fsp3) is 0.722. The lowest BCUT2D eigenvalue weighted by Crippen LogP contribution is -2.49. The molecule has 1 saturated carbocycles. The van der Waals surface area contributed by atoms with E-state index in [0.717, 1.165) is 4.57 Å². The minimum Gasteiger partial charge on any atom is -0.377 e. The van der Waals surface area contributed by atoms with E-state index in [4.69, 9.17) is 4.74 Å². The molecule has 1 aliphatic carbocycles. The molecule has 3 atom stereocenters. The maximum absolute atomic E-state index is 14.9. The zero-order valence-corrected chi connectivity index (χ0v) is 15.8. The lowest BCUT2D eigenvalue weighted by molar-refractivity contribution is -0.148. The molecule has 2 fully saturated rings. The highest BCUT2D eigenvalue weighted by Crippen LogP contribution is 2.39. The van der Waals surface area contributed by atoms with Gasteiger partial charge in [0.2, 0.25) is 11.8 Å². The number of ether oxygens (including phenoxy) is 1. The molecule has 3 aliphatic rings. The highest BCUT2D eigenvalue weighted by Gasteiger charge is 2.46. The molecule has 4 rings (SSSR count). The van der Waals surface area contributed by atoms with Gasteiger partial charge in [-0.15, -0.1) is 0 Å². The topological polar surface area (TPSA) is 76.5 Å². The normalized spacial score (nSPS) is 27.3. The van der Waals surface area contributed by atoms with Gasteiger partial charge in [-0.3, -0.25) is 14.2 Å². The quantitative estimate of drug-likeness (QED) is 0.756. The van der Waals surface area contributed by atoms with E-state index in [-0.39, 0.29) is 49.1 Å². The first-order valence-corrected chi connectivity index (χ1v) is 9.69. The maximum Gasteiger partial charge on any atom is 0.408 e. The Kier molecular flexibility index (Phi) is 5.04. The molecular formula is C18H22F4N4O3. The first-order chi connectivity index (χ1) is 13.7. The largest absolute Gasteiger partial charge is 0.408 e. The molecule has 11 heteroatoms. The van der Waals surface area contributed by atoms with E-state index in [1.165, 1.54) is 4.90 Å². The number of aromatic nitrogens is 2. The summed E-state index contributed by atoms with van der Waals surface area (Å²) >= 11 is 0. The monoisotopic (exact) mass is 418 g/mol. The van der Waals surface area contributed by atoms with Crippen molar-refractivity contribution in [3.05, 3.63) is 16.2 Å². The number of ketones is 1. The molecular weight excluding hydrogens is 396 g/mol. The molecule has 0 spiro atoms. The van der Waals surface area contributed by atoms with Gasteiger partial charge in [0.05, 0.1) is 19.3 Å². The molecule has 2 aliphatic heterocycles. The zero-order valence-electron chi connectivity index (χ0n) is 15.8. The number of fused-ring (bicyclic) bond motifs is 1. The molecule has 160 valence electrons. The second-order valence-corrected chi connectivity index (χ2v) is 7.94. The van der Waals surface area contributed by atoms with Crippen LogP contribution in [0.25, 0.3) is 0 Å². The summed E-state index contributed by atoms with van der Waals surface area (Å²) < 4.78 is 61.5. The van der Waals surface area contributed by atoms with Crippen LogP contribution in [0, 0.1) is 11.7 Å². The second-order valence-electron chi connectivity index (χ2n) is 7.94. The predicted octanol–water partition coefficient (Wildman–Crippen LogP) is 2.26. The van der Waals surface area contributed by atoms with Gasteiger partial charge in [0.25, 0.3) is 5.56 Å². The van der Waals surface area contributed by atoms with Crippen LogP contribution in [0.4, 0.5) is 29.3 Å². The van der Waals surface area contributed by atoms with Gasteiger partial charge in [0.15, 0.2) is 5.82 Å². The molecule has 1 N–H and O–H groups in total. The van der Waals surface area contributed by atoms with Crippen LogP contribution in [0.2, 0.25) is 0 Å². The molecule has 29 heavy (non-hydrogen) atoms. The Bertz CT molecular complexity index is 868. The standard InChI is InChI=1S/C18H22F4N4O3/c1-9-8-29-5-4-25(9)15-14(19)16(28)26-11(6-12(27)10-2-3-10)7-13(18(20,21)22)23-17(26)24-15/h9-11,13H,2-8H2,1H3,(H,23,24)/t9-,11?,13?/m0/s1. The summed E-state index contributed by atoms with van der Waals surface area (Å²) in [6.45, 7) is 2.60. The molecule has 0 radical (unpaired) electrons. The lowest BCUT2D eigenvalue weighted by atomic mass is 9.97. The SMILES string of the molecule is C[C@H]1COCCN1c1nc2n(c(=O)c1F)C(CC(=O)C1CC1)CC(C(F)(F)F)N2. The van der Waals surface area contributed by atoms with E-state index >= 15 is 0 Å². The predicted molar refractivity (Wildman–Crippen MR) is 95.5 cm³/mol. The Morgan fingerprint density at radius 2 is 2.07 bits per heavy atom.